The van der Waals surface area contributed by atoms with Crippen molar-refractivity contribution in [1.82, 2.24) is 20.4 Å². The molecular formula is C11H11N5. The molecule has 0 aliphatic carbocycles. The second kappa shape index (κ2) is 2.91. The molecule has 5 heteroatoms. The highest BCUT2D eigenvalue weighted by Crippen LogP contribution is 2.26. The number of fused-ring (bicyclic) bond motifs is 3. The zero-order valence-corrected chi connectivity index (χ0v) is 9.07. The fourth-order valence-corrected chi connectivity index (χ4v) is 2.08. The van der Waals surface area contributed by atoms with Crippen LogP contribution in [-0.2, 0) is 0 Å². The van der Waals surface area contributed by atoms with E-state index in [9.17, 15) is 0 Å². The van der Waals surface area contributed by atoms with Crippen LogP contribution in [-0.4, -0.2) is 20.4 Å². The second-order valence-electron chi connectivity index (χ2n) is 4.01. The third kappa shape index (κ3) is 1.08. The lowest BCUT2D eigenvalue weighted by Gasteiger charge is -2.03. The number of aromatic amines is 1. The molecule has 1 aromatic carbocycles. The number of H-pyrrole nitrogens is 1. The zero-order valence-electron chi connectivity index (χ0n) is 9.07. The van der Waals surface area contributed by atoms with Crippen molar-refractivity contribution >= 4 is 27.8 Å². The van der Waals surface area contributed by atoms with Gasteiger partial charge in [-0.3, -0.25) is 5.10 Å². The van der Waals surface area contributed by atoms with Crippen molar-refractivity contribution in [2.45, 2.75) is 13.8 Å². The van der Waals surface area contributed by atoms with E-state index in [-0.39, 0.29) is 0 Å². The number of rotatable bonds is 0. The highest BCUT2D eigenvalue weighted by Gasteiger charge is 2.11. The number of benzene rings is 1. The summed E-state index contributed by atoms with van der Waals surface area (Å²) in [5.41, 5.74) is 10.4. The van der Waals surface area contributed by atoms with Crippen molar-refractivity contribution in [3.8, 4) is 0 Å². The molecule has 0 aliphatic heterocycles. The molecule has 2 heterocycles. The third-order valence-electron chi connectivity index (χ3n) is 2.73. The van der Waals surface area contributed by atoms with Gasteiger partial charge in [0.15, 0.2) is 11.3 Å². The van der Waals surface area contributed by atoms with Gasteiger partial charge in [0.05, 0.1) is 11.0 Å². The Morgan fingerprint density at radius 3 is 2.81 bits per heavy atom. The standard InChI is InChI=1S/C11H11N5/c1-5-3-6(2)8-7(4-5)13-15-10-9(8)14-16-11(10)12/h3-4H,1-2H3,(H3,12,14,16). The van der Waals surface area contributed by atoms with Gasteiger partial charge in [-0.05, 0) is 31.0 Å². The van der Waals surface area contributed by atoms with Gasteiger partial charge in [-0.1, -0.05) is 6.07 Å². The number of nitrogen functional groups attached to an aromatic ring is 1. The monoisotopic (exact) mass is 213 g/mol. The lowest BCUT2D eigenvalue weighted by Crippen LogP contribution is -1.91. The summed E-state index contributed by atoms with van der Waals surface area (Å²) in [4.78, 5) is 0. The molecule has 0 spiro atoms. The molecule has 5 nitrogen and oxygen atoms in total. The molecule has 0 unspecified atom stereocenters. The molecule has 16 heavy (non-hydrogen) atoms. The van der Waals surface area contributed by atoms with Crippen molar-refractivity contribution in [3.63, 3.8) is 0 Å². The summed E-state index contributed by atoms with van der Waals surface area (Å²) in [5, 5.41) is 16.2. The Morgan fingerprint density at radius 1 is 1.19 bits per heavy atom. The van der Waals surface area contributed by atoms with Gasteiger partial charge < -0.3 is 5.73 Å². The quantitative estimate of drug-likeness (QED) is 0.595. The van der Waals surface area contributed by atoms with Gasteiger partial charge in [0.25, 0.3) is 0 Å². The Labute approximate surface area is 91.7 Å². The smallest absolute Gasteiger partial charge is 0.173 e. The predicted molar refractivity (Wildman–Crippen MR) is 63.1 cm³/mol. The molecule has 3 rings (SSSR count). The van der Waals surface area contributed by atoms with Crippen LogP contribution < -0.4 is 5.73 Å². The third-order valence-corrected chi connectivity index (χ3v) is 2.73. The Bertz CT molecular complexity index is 698. The van der Waals surface area contributed by atoms with Crippen LogP contribution >= 0.6 is 0 Å². The van der Waals surface area contributed by atoms with E-state index in [1.54, 1.807) is 0 Å². The van der Waals surface area contributed by atoms with E-state index >= 15 is 0 Å². The molecule has 0 saturated carbocycles. The first-order valence-corrected chi connectivity index (χ1v) is 5.04. The number of aromatic nitrogens is 4. The van der Waals surface area contributed by atoms with E-state index in [1.165, 1.54) is 5.56 Å². The van der Waals surface area contributed by atoms with Crippen LogP contribution in [0.3, 0.4) is 0 Å². The summed E-state index contributed by atoms with van der Waals surface area (Å²) in [6.07, 6.45) is 0. The molecule has 3 aromatic rings. The molecule has 0 atom stereocenters. The molecule has 0 saturated heterocycles. The van der Waals surface area contributed by atoms with Gasteiger partial charge in [0, 0.05) is 5.39 Å². The summed E-state index contributed by atoms with van der Waals surface area (Å²) in [5.74, 6) is 0.393. The molecular weight excluding hydrogens is 202 g/mol. The number of nitrogens with two attached hydrogens (primary N) is 1. The largest absolute Gasteiger partial charge is 0.380 e. The van der Waals surface area contributed by atoms with Crippen LogP contribution in [0.15, 0.2) is 12.1 Å². The molecule has 0 bridgehead atoms. The lowest BCUT2D eigenvalue weighted by atomic mass is 10.1. The zero-order chi connectivity index (χ0) is 11.3. The Balaban J connectivity index is 2.60. The molecule has 0 aliphatic rings. The molecule has 0 fully saturated rings. The molecule has 0 radical (unpaired) electrons. The summed E-state index contributed by atoms with van der Waals surface area (Å²) >= 11 is 0. The van der Waals surface area contributed by atoms with Gasteiger partial charge in [-0.2, -0.15) is 5.10 Å². The van der Waals surface area contributed by atoms with Gasteiger partial charge in [-0.25, -0.2) is 0 Å². The predicted octanol–water partition coefficient (Wildman–Crippen LogP) is 1.71. The van der Waals surface area contributed by atoms with Gasteiger partial charge in [0.1, 0.15) is 0 Å². The van der Waals surface area contributed by atoms with Crippen molar-refractivity contribution in [1.29, 1.82) is 0 Å². The first-order chi connectivity index (χ1) is 7.66. The van der Waals surface area contributed by atoms with Crippen LogP contribution in [0.4, 0.5) is 5.82 Å². The van der Waals surface area contributed by atoms with Crippen LogP contribution in [0.5, 0.6) is 0 Å². The van der Waals surface area contributed by atoms with Crippen molar-refractivity contribution in [2.24, 2.45) is 0 Å². The summed E-state index contributed by atoms with van der Waals surface area (Å²) < 4.78 is 0. The minimum absolute atomic E-state index is 0.393. The lowest BCUT2D eigenvalue weighted by molar-refractivity contribution is 1.12. The van der Waals surface area contributed by atoms with Crippen LogP contribution in [0.25, 0.3) is 21.9 Å². The van der Waals surface area contributed by atoms with Gasteiger partial charge in [0.2, 0.25) is 0 Å². The van der Waals surface area contributed by atoms with E-state index in [2.05, 4.69) is 26.5 Å². The molecule has 0 amide bonds. The number of hydrogen-bond acceptors (Lipinski definition) is 4. The number of nitrogens with zero attached hydrogens (tertiary/aromatic N) is 3. The van der Waals surface area contributed by atoms with Gasteiger partial charge >= 0.3 is 0 Å². The maximum atomic E-state index is 5.70. The Hall–Kier alpha value is -2.17. The maximum absolute atomic E-state index is 5.70. The minimum atomic E-state index is 0.393. The first kappa shape index (κ1) is 9.08. The van der Waals surface area contributed by atoms with E-state index in [4.69, 9.17) is 5.73 Å². The van der Waals surface area contributed by atoms with Crippen molar-refractivity contribution in [2.75, 3.05) is 5.73 Å². The van der Waals surface area contributed by atoms with E-state index in [0.717, 1.165) is 22.0 Å². The fourth-order valence-electron chi connectivity index (χ4n) is 2.08. The first-order valence-electron chi connectivity index (χ1n) is 5.04. The SMILES string of the molecule is Cc1cc(C)c2c(c1)nnc1c(N)n[nH]c12. The van der Waals surface area contributed by atoms with Crippen molar-refractivity contribution in [3.05, 3.63) is 23.3 Å². The fraction of sp³-hybridized carbons (Fsp3) is 0.182. The highest BCUT2D eigenvalue weighted by atomic mass is 15.2. The van der Waals surface area contributed by atoms with Crippen LogP contribution in [0.2, 0.25) is 0 Å². The van der Waals surface area contributed by atoms with E-state index < -0.39 is 0 Å². The second-order valence-corrected chi connectivity index (χ2v) is 4.01. The topological polar surface area (TPSA) is 80.5 Å². The summed E-state index contributed by atoms with van der Waals surface area (Å²) in [6.45, 7) is 4.09. The highest BCUT2D eigenvalue weighted by molar-refractivity contribution is 6.06. The van der Waals surface area contributed by atoms with E-state index in [1.807, 2.05) is 19.9 Å². The number of nitrogens with one attached hydrogen (secondary N) is 1. The number of hydrogen-bond donors (Lipinski definition) is 2. The molecule has 2 aromatic heterocycles. The Morgan fingerprint density at radius 2 is 2.00 bits per heavy atom. The maximum Gasteiger partial charge on any atom is 0.173 e. The van der Waals surface area contributed by atoms with Crippen molar-refractivity contribution < 1.29 is 0 Å². The average Bonchev–Trinajstić information content (AvgIpc) is 2.59. The average molecular weight is 213 g/mol. The summed E-state index contributed by atoms with van der Waals surface area (Å²) in [6, 6.07) is 4.12. The number of aryl methyl sites for hydroxylation is 2. The number of anilines is 1. The minimum Gasteiger partial charge on any atom is -0.380 e. The Kier molecular flexibility index (Phi) is 1.65. The van der Waals surface area contributed by atoms with Gasteiger partial charge in [-0.15, -0.1) is 10.2 Å². The van der Waals surface area contributed by atoms with Crippen LogP contribution in [0.1, 0.15) is 11.1 Å². The van der Waals surface area contributed by atoms with E-state index in [0.29, 0.717) is 11.3 Å². The molecule has 80 valence electrons. The van der Waals surface area contributed by atoms with Crippen LogP contribution in [0, 0.1) is 13.8 Å². The molecule has 3 N–H and O–H groups in total. The summed E-state index contributed by atoms with van der Waals surface area (Å²) in [7, 11) is 0. The normalized spacial score (nSPS) is 11.4.